The molecule has 2 aliphatic rings. The molecule has 1 atom stereocenters. The van der Waals surface area contributed by atoms with Crippen molar-refractivity contribution in [3.8, 4) is 5.75 Å². The summed E-state index contributed by atoms with van der Waals surface area (Å²) in [6.07, 6.45) is 5.75. The lowest BCUT2D eigenvalue weighted by Crippen LogP contribution is -2.14. The second-order valence-corrected chi connectivity index (χ2v) is 8.52. The van der Waals surface area contributed by atoms with Crippen LogP contribution in [0.5, 0.6) is 5.75 Å². The van der Waals surface area contributed by atoms with Crippen molar-refractivity contribution in [2.75, 3.05) is 17.7 Å². The first-order valence-electron chi connectivity index (χ1n) is 10.1. The largest absolute Gasteiger partial charge is 0.494 e. The van der Waals surface area contributed by atoms with Gasteiger partial charge in [0.1, 0.15) is 10.8 Å². The molecule has 1 aromatic heterocycles. The van der Waals surface area contributed by atoms with Gasteiger partial charge in [-0.1, -0.05) is 12.8 Å². The molecule has 0 radical (unpaired) electrons. The highest BCUT2D eigenvalue weighted by molar-refractivity contribution is 8.14. The van der Waals surface area contributed by atoms with Gasteiger partial charge >= 0.3 is 5.97 Å². The number of aliphatic carboxylic acids is 1. The van der Waals surface area contributed by atoms with E-state index in [1.54, 1.807) is 11.8 Å². The van der Waals surface area contributed by atoms with Gasteiger partial charge in [0.2, 0.25) is 0 Å². The normalized spacial score (nSPS) is 19.9. The number of fused-ring (bicyclic) bond motifs is 1. The highest BCUT2D eigenvalue weighted by atomic mass is 32.2. The highest BCUT2D eigenvalue weighted by Crippen LogP contribution is 2.34. The Labute approximate surface area is 169 Å². The minimum absolute atomic E-state index is 0.0811. The van der Waals surface area contributed by atoms with E-state index in [0.29, 0.717) is 19.1 Å². The van der Waals surface area contributed by atoms with Crippen LogP contribution in [0, 0.1) is 0 Å². The van der Waals surface area contributed by atoms with E-state index < -0.39 is 5.97 Å². The molecule has 2 aromatic rings. The van der Waals surface area contributed by atoms with E-state index in [4.69, 9.17) is 14.8 Å². The van der Waals surface area contributed by atoms with Crippen molar-refractivity contribution in [3.63, 3.8) is 0 Å². The van der Waals surface area contributed by atoms with Gasteiger partial charge in [0.15, 0.2) is 0 Å². The van der Waals surface area contributed by atoms with E-state index >= 15 is 0 Å². The maximum atomic E-state index is 10.8. The molecule has 1 saturated carbocycles. The second-order valence-electron chi connectivity index (χ2n) is 7.51. The maximum absolute atomic E-state index is 10.8. The number of H-pyrrole nitrogens is 1. The Kier molecular flexibility index (Phi) is 5.80. The number of aromatic nitrogens is 1. The Morgan fingerprint density at radius 2 is 2.18 bits per heavy atom. The fourth-order valence-corrected chi connectivity index (χ4v) is 5.07. The van der Waals surface area contributed by atoms with E-state index in [2.05, 4.69) is 28.5 Å². The Hall–Kier alpha value is -2.15. The molecule has 0 amide bonds. The summed E-state index contributed by atoms with van der Waals surface area (Å²) < 4.78 is 5.78. The molecule has 1 aliphatic heterocycles. The number of nitrogens with one attached hydrogen (secondary N) is 2. The molecule has 6 nitrogen and oxygen atoms in total. The predicted molar refractivity (Wildman–Crippen MR) is 115 cm³/mol. The Bertz CT molecular complexity index is 886. The number of anilines is 1. The van der Waals surface area contributed by atoms with Crippen molar-refractivity contribution in [2.45, 2.75) is 57.5 Å². The number of rotatable bonds is 8. The van der Waals surface area contributed by atoms with E-state index in [9.17, 15) is 4.79 Å². The average molecular weight is 402 g/mol. The molecule has 28 heavy (non-hydrogen) atoms. The number of nitrogens with zero attached hydrogens (tertiary/aromatic N) is 1. The van der Waals surface area contributed by atoms with E-state index in [1.807, 2.05) is 6.92 Å². The molecule has 1 unspecified atom stereocenters. The summed E-state index contributed by atoms with van der Waals surface area (Å²) in [5.74, 6) is 0.960. The molecular formula is C21H27N3O3S. The zero-order valence-corrected chi connectivity index (χ0v) is 17.0. The standard InChI is InChI=1S/C21H27N3O3S/c1-2-27-16-9-13-10-18(21-23-15(12-28-21)7-8-19(25)26)24-20(13)17(11-16)22-14-5-3-4-6-14/h9-11,14-15,22,24H,2-8,12H2,1H3,(H,25,26). The van der Waals surface area contributed by atoms with Gasteiger partial charge in [-0.3, -0.25) is 9.79 Å². The van der Waals surface area contributed by atoms with Crippen molar-refractivity contribution in [1.82, 2.24) is 4.98 Å². The van der Waals surface area contributed by atoms with Crippen LogP contribution in [0.3, 0.4) is 0 Å². The number of aliphatic imine (C=N–C) groups is 1. The number of hydrogen-bond acceptors (Lipinski definition) is 5. The van der Waals surface area contributed by atoms with Crippen LogP contribution >= 0.6 is 11.8 Å². The molecule has 1 fully saturated rings. The van der Waals surface area contributed by atoms with Crippen molar-refractivity contribution in [2.24, 2.45) is 4.99 Å². The van der Waals surface area contributed by atoms with Crippen LogP contribution in [-0.2, 0) is 4.79 Å². The van der Waals surface area contributed by atoms with Crippen LogP contribution in [0.1, 0.15) is 51.1 Å². The van der Waals surface area contributed by atoms with Crippen molar-refractivity contribution >= 4 is 39.4 Å². The molecule has 1 aliphatic carbocycles. The third-order valence-electron chi connectivity index (χ3n) is 5.36. The summed E-state index contributed by atoms with van der Waals surface area (Å²) >= 11 is 1.70. The predicted octanol–water partition coefficient (Wildman–Crippen LogP) is 4.65. The topological polar surface area (TPSA) is 86.7 Å². The van der Waals surface area contributed by atoms with Gasteiger partial charge in [0, 0.05) is 29.7 Å². The van der Waals surface area contributed by atoms with Gasteiger partial charge in [-0.25, -0.2) is 0 Å². The first kappa shape index (κ1) is 19.2. The summed E-state index contributed by atoms with van der Waals surface area (Å²) in [5.41, 5.74) is 3.17. The lowest BCUT2D eigenvalue weighted by molar-refractivity contribution is -0.137. The van der Waals surface area contributed by atoms with Crippen LogP contribution < -0.4 is 10.1 Å². The summed E-state index contributed by atoms with van der Waals surface area (Å²) in [4.78, 5) is 19.1. The SMILES string of the molecule is CCOc1cc(NC2CCCC2)c2[nH]c(C3=NC(CCC(=O)O)CS3)cc2c1. The van der Waals surface area contributed by atoms with Crippen LogP contribution in [0.25, 0.3) is 10.9 Å². The number of carboxylic acid groups (broad SMARTS) is 1. The molecular weight excluding hydrogens is 374 g/mol. The fourth-order valence-electron chi connectivity index (χ4n) is 3.99. The van der Waals surface area contributed by atoms with Crippen molar-refractivity contribution < 1.29 is 14.6 Å². The highest BCUT2D eigenvalue weighted by Gasteiger charge is 2.23. The molecule has 7 heteroatoms. The zero-order valence-electron chi connectivity index (χ0n) is 16.2. The summed E-state index contributed by atoms with van der Waals surface area (Å²) in [7, 11) is 0. The van der Waals surface area contributed by atoms with Gasteiger partial charge in [-0.05, 0) is 38.3 Å². The van der Waals surface area contributed by atoms with Gasteiger partial charge in [0.05, 0.1) is 29.5 Å². The Morgan fingerprint density at radius 1 is 1.36 bits per heavy atom. The minimum atomic E-state index is -0.759. The number of thioether (sulfide) groups is 1. The van der Waals surface area contributed by atoms with Gasteiger partial charge < -0.3 is 20.1 Å². The first-order valence-corrected chi connectivity index (χ1v) is 11.1. The lowest BCUT2D eigenvalue weighted by atomic mass is 10.1. The van der Waals surface area contributed by atoms with Gasteiger partial charge in [-0.15, -0.1) is 11.8 Å². The summed E-state index contributed by atoms with van der Waals surface area (Å²) in [6, 6.07) is 6.89. The third-order valence-corrected chi connectivity index (χ3v) is 6.51. The van der Waals surface area contributed by atoms with E-state index in [0.717, 1.165) is 38.8 Å². The van der Waals surface area contributed by atoms with Crippen molar-refractivity contribution in [3.05, 3.63) is 23.9 Å². The molecule has 0 bridgehead atoms. The van der Waals surface area contributed by atoms with Gasteiger partial charge in [0.25, 0.3) is 0 Å². The number of aromatic amines is 1. The number of hydrogen-bond donors (Lipinski definition) is 3. The second kappa shape index (κ2) is 8.47. The van der Waals surface area contributed by atoms with Crippen LogP contribution in [-0.4, -0.2) is 45.5 Å². The maximum Gasteiger partial charge on any atom is 0.303 e. The molecule has 4 rings (SSSR count). The van der Waals surface area contributed by atoms with E-state index in [1.165, 1.54) is 25.7 Å². The van der Waals surface area contributed by atoms with Crippen LogP contribution in [0.2, 0.25) is 0 Å². The molecule has 3 N–H and O–H groups in total. The number of carboxylic acids is 1. The van der Waals surface area contributed by atoms with Gasteiger partial charge in [-0.2, -0.15) is 0 Å². The van der Waals surface area contributed by atoms with Crippen LogP contribution in [0.15, 0.2) is 23.2 Å². The minimum Gasteiger partial charge on any atom is -0.494 e. The monoisotopic (exact) mass is 401 g/mol. The van der Waals surface area contributed by atoms with Crippen LogP contribution in [0.4, 0.5) is 5.69 Å². The van der Waals surface area contributed by atoms with E-state index in [-0.39, 0.29) is 12.5 Å². The molecule has 2 heterocycles. The molecule has 0 saturated heterocycles. The summed E-state index contributed by atoms with van der Waals surface area (Å²) in [6.45, 7) is 2.64. The zero-order chi connectivity index (χ0) is 19.5. The Balaban J connectivity index is 1.61. The Morgan fingerprint density at radius 3 is 2.93 bits per heavy atom. The third kappa shape index (κ3) is 4.29. The molecule has 1 aromatic carbocycles. The number of benzene rings is 1. The van der Waals surface area contributed by atoms with Crippen molar-refractivity contribution in [1.29, 1.82) is 0 Å². The quantitative estimate of drug-likeness (QED) is 0.599. The molecule has 150 valence electrons. The average Bonchev–Trinajstić information content (AvgIpc) is 3.40. The smallest absolute Gasteiger partial charge is 0.303 e. The fraction of sp³-hybridized carbons (Fsp3) is 0.524. The molecule has 0 spiro atoms. The number of ether oxygens (including phenoxy) is 1. The first-order chi connectivity index (χ1) is 13.6. The summed E-state index contributed by atoms with van der Waals surface area (Å²) in [5, 5.41) is 14.7. The lowest BCUT2D eigenvalue weighted by Gasteiger charge is -2.15. The number of carbonyl (C=O) groups is 1.